The second-order valence-electron chi connectivity index (χ2n) is 27.7. The van der Waals surface area contributed by atoms with Gasteiger partial charge in [-0.15, -0.1) is 0 Å². The number of aliphatic hydroxyl groups excluding tert-OH is 1. The van der Waals surface area contributed by atoms with E-state index in [0.717, 1.165) is 56.4 Å². The molecule has 9 aliphatic heterocycles. The summed E-state index contributed by atoms with van der Waals surface area (Å²) in [6, 6.07) is 7.20. The highest BCUT2D eigenvalue weighted by atomic mass is 16.6. The Hall–Kier alpha value is -3.36. The van der Waals surface area contributed by atoms with Crippen LogP contribution in [0.15, 0.2) is 64.3 Å². The number of carbonyl (C=O) groups excluding carboxylic acids is 2. The summed E-state index contributed by atoms with van der Waals surface area (Å²) in [7, 11) is 0. The van der Waals surface area contributed by atoms with Gasteiger partial charge in [-0.25, -0.2) is 4.79 Å². The molecule has 8 fully saturated rings. The van der Waals surface area contributed by atoms with Crippen molar-refractivity contribution in [3.63, 3.8) is 0 Å². The molecule has 18 aliphatic rings. The molecule has 8 heteroatoms. The molecule has 19 rings (SSSR count). The first-order chi connectivity index (χ1) is 34.6. The van der Waals surface area contributed by atoms with E-state index in [2.05, 4.69) is 47.1 Å². The number of fused-ring (bicyclic) bond motifs is 4. The largest absolute Gasteiger partial charge is 0.509 e. The Morgan fingerprint density at radius 3 is 2.38 bits per heavy atom. The average Bonchev–Trinajstić information content (AvgIpc) is 4.26. The van der Waals surface area contributed by atoms with E-state index >= 15 is 9.59 Å². The molecular weight excluding hydrogens is 879 g/mol. The van der Waals surface area contributed by atoms with Crippen molar-refractivity contribution in [3.8, 4) is 0 Å². The van der Waals surface area contributed by atoms with E-state index < -0.39 is 16.4 Å². The summed E-state index contributed by atoms with van der Waals surface area (Å²) in [5.41, 5.74) is 12.8. The van der Waals surface area contributed by atoms with Crippen molar-refractivity contribution in [1.82, 2.24) is 9.80 Å². The number of aryl methyl sites for hydroxylation is 1. The summed E-state index contributed by atoms with van der Waals surface area (Å²) in [6.07, 6.45) is 34.1. The predicted molar refractivity (Wildman–Crippen MR) is 272 cm³/mol. The maximum atomic E-state index is 16.5. The lowest BCUT2D eigenvalue weighted by molar-refractivity contribution is -0.282. The van der Waals surface area contributed by atoms with E-state index in [1.54, 1.807) is 16.8 Å². The Balaban J connectivity index is 0.962. The van der Waals surface area contributed by atoms with Crippen molar-refractivity contribution < 1.29 is 24.2 Å². The van der Waals surface area contributed by atoms with Crippen LogP contribution >= 0.6 is 0 Å². The molecule has 1 unspecified atom stereocenters. The lowest BCUT2D eigenvalue weighted by Crippen LogP contribution is -2.78. The Morgan fingerprint density at radius 1 is 0.817 bits per heavy atom. The molecule has 1 aromatic rings. The Labute approximate surface area is 423 Å². The minimum atomic E-state index is -1.13. The molecule has 12 bridgehead atoms. The zero-order chi connectivity index (χ0) is 47.4. The molecule has 3 N–H and O–H groups in total. The normalized spacial score (nSPS) is 46.6. The van der Waals surface area contributed by atoms with E-state index in [9.17, 15) is 5.11 Å². The number of ether oxygens (including phenoxy) is 2. The molecular formula is C63H81N3O5. The molecule has 0 radical (unpaired) electrons. The SMILES string of the molecule is C[C@H]1CC2=C3[C@H]4C5=C6[C@H](/C=C\[C@@H](C7CCCC7)C[C@H]7[C@]68C(=O)O/C(=C(/O)C[C@@H](C6CC9(CCCC9)C9(CCCC9)C6)N6C[C@@H]9C[C@H](C6)[C@H](CC2)N3C9)[C@@]8(CC5)[C@]72OC(=O)c3c(CCCN)cccc32)C[C@@H]41. The molecule has 1 aromatic carbocycles. The number of nitrogens with two attached hydrogens (primary N) is 1. The van der Waals surface area contributed by atoms with Crippen LogP contribution < -0.4 is 5.73 Å². The van der Waals surface area contributed by atoms with E-state index in [1.807, 2.05) is 0 Å². The van der Waals surface area contributed by atoms with Gasteiger partial charge in [-0.3, -0.25) is 9.69 Å². The van der Waals surface area contributed by atoms with Gasteiger partial charge in [-0.05, 0) is 191 Å². The van der Waals surface area contributed by atoms with Crippen LogP contribution in [-0.2, 0) is 26.3 Å². The van der Waals surface area contributed by atoms with Crippen molar-refractivity contribution in [2.75, 3.05) is 26.2 Å². The van der Waals surface area contributed by atoms with Crippen LogP contribution in [0.4, 0.5) is 0 Å². The van der Waals surface area contributed by atoms with Crippen LogP contribution in [0.1, 0.15) is 183 Å². The summed E-state index contributed by atoms with van der Waals surface area (Å²) in [6.45, 7) is 6.48. The van der Waals surface area contributed by atoms with Crippen LogP contribution in [0.25, 0.3) is 0 Å². The smallest absolute Gasteiger partial charge is 0.339 e. The van der Waals surface area contributed by atoms with Gasteiger partial charge in [-0.2, -0.15) is 0 Å². The van der Waals surface area contributed by atoms with Gasteiger partial charge in [0.15, 0.2) is 11.4 Å². The molecule has 9 heterocycles. The summed E-state index contributed by atoms with van der Waals surface area (Å²) in [5.74, 6) is 4.17. The van der Waals surface area contributed by atoms with Crippen LogP contribution in [0, 0.1) is 80.8 Å². The van der Waals surface area contributed by atoms with Crippen LogP contribution in [0.3, 0.4) is 0 Å². The Morgan fingerprint density at radius 2 is 1.61 bits per heavy atom. The Kier molecular flexibility index (Phi) is 9.39. The molecule has 378 valence electrons. The zero-order valence-corrected chi connectivity index (χ0v) is 42.9. The summed E-state index contributed by atoms with van der Waals surface area (Å²) < 4.78 is 14.7. The molecule has 14 atom stereocenters. The third-order valence-corrected chi connectivity index (χ3v) is 25.5. The number of esters is 2. The van der Waals surface area contributed by atoms with Crippen molar-refractivity contribution >= 4 is 11.9 Å². The van der Waals surface area contributed by atoms with Crippen molar-refractivity contribution in [1.29, 1.82) is 0 Å². The van der Waals surface area contributed by atoms with Gasteiger partial charge >= 0.3 is 11.9 Å². The first-order valence-electron chi connectivity index (χ1n) is 30.0. The van der Waals surface area contributed by atoms with Crippen molar-refractivity contribution in [3.05, 3.63) is 81.0 Å². The average molecular weight is 960 g/mol. The number of aliphatic hydroxyl groups is 1. The van der Waals surface area contributed by atoms with Crippen molar-refractivity contribution in [2.45, 2.75) is 185 Å². The third-order valence-electron chi connectivity index (χ3n) is 25.5. The quantitative estimate of drug-likeness (QED) is 0.222. The fourth-order valence-corrected chi connectivity index (χ4v) is 23.4. The van der Waals surface area contributed by atoms with Crippen LogP contribution in [0.2, 0.25) is 0 Å². The number of nitrogens with zero attached hydrogens (tertiary/aromatic N) is 2. The van der Waals surface area contributed by atoms with Gasteiger partial charge in [-0.1, -0.05) is 86.9 Å². The van der Waals surface area contributed by atoms with Gasteiger partial charge in [0, 0.05) is 61.2 Å². The van der Waals surface area contributed by atoms with Gasteiger partial charge < -0.3 is 25.2 Å². The fourth-order valence-electron chi connectivity index (χ4n) is 23.4. The minimum absolute atomic E-state index is 0.112. The standard InChI is InChI=1S/C63H81N3O5/c1-36-26-42-17-18-48-43-27-37-33-65(35-43)49(44-31-59(20-4-5-21-59)60(32-44)22-6-7-23-60)30-50(67)56-61-24-19-45-53(55(42)66(48)34-37)46(36)28-41-16-15-40(38-10-2-3-11-38)29-51(62(61,54(41)45)58(69)70-56)63(61)47-14-8-12-39(13-9-25-64)52(47)57(68)71-63/h8,12,14-16,36-38,40-41,43-44,46,48-49,51,53,67H,2-7,9-11,13,17-35,64H2,1H3/b16-15-,56-50+/t36-,37-,40+,41+,43+,46+,48-,49-,51-,53-,61+,62+,63+/m0/s1. The highest BCUT2D eigenvalue weighted by Gasteiger charge is 2.94. The molecule has 5 spiro atoms. The molecule has 3 saturated heterocycles. The summed E-state index contributed by atoms with van der Waals surface area (Å²) >= 11 is 0. The maximum absolute atomic E-state index is 16.5. The monoisotopic (exact) mass is 960 g/mol. The fraction of sp³-hybridized carbons (Fsp3) is 0.746. The van der Waals surface area contributed by atoms with Gasteiger partial charge in [0.2, 0.25) is 0 Å². The number of hydrogen-bond donors (Lipinski definition) is 2. The molecule has 0 aromatic heterocycles. The molecule has 8 nitrogen and oxygen atoms in total. The lowest BCUT2D eigenvalue weighted by Gasteiger charge is -2.73. The highest BCUT2D eigenvalue weighted by Crippen LogP contribution is 2.88. The lowest BCUT2D eigenvalue weighted by atomic mass is 9.27. The number of benzene rings is 1. The van der Waals surface area contributed by atoms with E-state index in [4.69, 9.17) is 15.2 Å². The van der Waals surface area contributed by atoms with Gasteiger partial charge in [0.25, 0.3) is 0 Å². The number of hydrogen-bond acceptors (Lipinski definition) is 8. The topological polar surface area (TPSA) is 105 Å². The third kappa shape index (κ3) is 5.28. The van der Waals surface area contributed by atoms with Gasteiger partial charge in [0.1, 0.15) is 11.2 Å². The highest BCUT2D eigenvalue weighted by molar-refractivity contribution is 6.00. The summed E-state index contributed by atoms with van der Waals surface area (Å²) in [4.78, 5) is 37.8. The zero-order valence-electron chi connectivity index (χ0n) is 42.9. The minimum Gasteiger partial charge on any atom is -0.509 e. The van der Waals surface area contributed by atoms with Crippen molar-refractivity contribution in [2.24, 2.45) is 86.6 Å². The van der Waals surface area contributed by atoms with E-state index in [-0.39, 0.29) is 35.7 Å². The number of allylic oxidation sites excluding steroid dienone is 4. The summed E-state index contributed by atoms with van der Waals surface area (Å²) in [5, 5.41) is 13.8. The first kappa shape index (κ1) is 44.0. The second kappa shape index (κ2) is 15.2. The number of rotatable bonds is 5. The van der Waals surface area contributed by atoms with E-state index in [1.165, 1.54) is 121 Å². The van der Waals surface area contributed by atoms with Crippen LogP contribution in [-0.4, -0.2) is 65.1 Å². The second-order valence-corrected chi connectivity index (χ2v) is 27.7. The molecule has 5 saturated carbocycles. The van der Waals surface area contributed by atoms with Gasteiger partial charge in [0.05, 0.1) is 11.0 Å². The maximum Gasteiger partial charge on any atom is 0.339 e. The first-order valence-corrected chi connectivity index (χ1v) is 30.0. The predicted octanol–water partition coefficient (Wildman–Crippen LogP) is 12.0. The van der Waals surface area contributed by atoms with E-state index in [0.29, 0.717) is 101 Å². The molecule has 0 amide bonds. The Bertz CT molecular complexity index is 2600. The molecule has 9 aliphatic carbocycles. The molecule has 71 heavy (non-hydrogen) atoms. The van der Waals surface area contributed by atoms with Crippen LogP contribution in [0.5, 0.6) is 0 Å². The number of piperidine rings is 2. The number of carbonyl (C=O) groups is 2.